The smallest absolute Gasteiger partial charge is 0.130 e. The molecule has 1 atom stereocenters. The lowest BCUT2D eigenvalue weighted by atomic mass is 9.91. The van der Waals surface area contributed by atoms with Crippen LogP contribution in [0.1, 0.15) is 11.7 Å². The number of nitrogens with zero attached hydrogens (tertiary/aromatic N) is 2. The second kappa shape index (κ2) is 10.9. The van der Waals surface area contributed by atoms with Crippen LogP contribution in [0, 0.1) is 0 Å². The van der Waals surface area contributed by atoms with Gasteiger partial charge >= 0.3 is 0 Å². The van der Waals surface area contributed by atoms with Crippen molar-refractivity contribution in [1.82, 2.24) is 4.98 Å². The highest BCUT2D eigenvalue weighted by atomic mass is 15.3. The summed E-state index contributed by atoms with van der Waals surface area (Å²) < 4.78 is 0. The van der Waals surface area contributed by atoms with Gasteiger partial charge < -0.3 is 10.2 Å². The topological polar surface area (TPSA) is 28.2 Å². The molecule has 0 spiro atoms. The fraction of sp³-hybridized carbons (Fsp3) is 0.0208. The van der Waals surface area contributed by atoms with Crippen molar-refractivity contribution in [2.45, 2.75) is 6.17 Å². The third-order valence-corrected chi connectivity index (χ3v) is 10.8. The van der Waals surface area contributed by atoms with Crippen molar-refractivity contribution in [1.29, 1.82) is 0 Å². The SMILES string of the molecule is c1cc(-c2cccc(C3Nc4cccc5c4N3c3ccccc3-c3ncccc3-5)c2)cc(-c2ccc3c4ccccc4c4ccccc4c3c2)c1. The van der Waals surface area contributed by atoms with Crippen LogP contribution in [-0.2, 0) is 0 Å². The molecule has 2 aliphatic rings. The number of anilines is 3. The highest BCUT2D eigenvalue weighted by molar-refractivity contribution is 6.25. The Morgan fingerprint density at radius 2 is 1.02 bits per heavy atom. The molecular formula is C48H31N3. The average molecular weight is 650 g/mol. The molecule has 1 aromatic heterocycles. The van der Waals surface area contributed by atoms with Crippen LogP contribution in [0.5, 0.6) is 0 Å². The van der Waals surface area contributed by atoms with Gasteiger partial charge in [-0.25, -0.2) is 0 Å². The number of rotatable bonds is 3. The number of nitrogens with one attached hydrogen (secondary N) is 1. The quantitative estimate of drug-likeness (QED) is 0.193. The molecule has 1 unspecified atom stereocenters. The number of fused-ring (bicyclic) bond motifs is 11. The molecule has 2 aliphatic heterocycles. The standard InChI is InChI=1S/C48H31N3/c1-2-17-37-35(15-1)36-16-3-4-18-38(36)43-29-33(24-25-39(37)43)31-12-7-11-30(27-31)32-13-8-14-34(28-32)48-50-44-22-9-20-41-40-21-10-26-49-46(40)42-19-5-6-23-45(42)51(48)47(41)44/h1-29,48,50H. The first kappa shape index (κ1) is 28.2. The van der Waals surface area contributed by atoms with Gasteiger partial charge in [0.2, 0.25) is 0 Å². The molecule has 0 saturated carbocycles. The number of hydrogen-bond donors (Lipinski definition) is 1. The van der Waals surface area contributed by atoms with E-state index in [2.05, 4.69) is 174 Å². The Morgan fingerprint density at radius 3 is 1.80 bits per heavy atom. The van der Waals surface area contributed by atoms with E-state index in [9.17, 15) is 0 Å². The summed E-state index contributed by atoms with van der Waals surface area (Å²) in [6, 6.07) is 62.0. The minimum Gasteiger partial charge on any atom is -0.359 e. The lowest BCUT2D eigenvalue weighted by molar-refractivity contribution is 0.830. The Labute approximate surface area is 296 Å². The lowest BCUT2D eigenvalue weighted by Gasteiger charge is -2.29. The maximum atomic E-state index is 4.89. The second-order valence-electron chi connectivity index (χ2n) is 13.6. The minimum absolute atomic E-state index is 0.0802. The fourth-order valence-electron chi connectivity index (χ4n) is 8.54. The largest absolute Gasteiger partial charge is 0.359 e. The summed E-state index contributed by atoms with van der Waals surface area (Å²) in [6.45, 7) is 0. The molecule has 11 rings (SSSR count). The van der Waals surface area contributed by atoms with E-state index in [1.165, 1.54) is 71.4 Å². The lowest BCUT2D eigenvalue weighted by Crippen LogP contribution is -2.23. The number of aromatic nitrogens is 1. The predicted molar refractivity (Wildman–Crippen MR) is 213 cm³/mol. The molecule has 3 nitrogen and oxygen atoms in total. The van der Waals surface area contributed by atoms with E-state index in [0.717, 1.165) is 28.2 Å². The van der Waals surface area contributed by atoms with Crippen LogP contribution < -0.4 is 10.2 Å². The molecule has 0 fully saturated rings. The highest BCUT2D eigenvalue weighted by Gasteiger charge is 2.37. The summed E-state index contributed by atoms with van der Waals surface area (Å²) in [6.07, 6.45) is 1.82. The van der Waals surface area contributed by atoms with Gasteiger partial charge in [0.25, 0.3) is 0 Å². The third kappa shape index (κ3) is 4.22. The molecule has 0 amide bonds. The normalized spacial score (nSPS) is 14.2. The van der Waals surface area contributed by atoms with E-state index in [1.54, 1.807) is 0 Å². The van der Waals surface area contributed by atoms with Crippen molar-refractivity contribution >= 4 is 49.4 Å². The van der Waals surface area contributed by atoms with Crippen molar-refractivity contribution < 1.29 is 0 Å². The predicted octanol–water partition coefficient (Wildman–Crippen LogP) is 12.8. The van der Waals surface area contributed by atoms with E-state index in [0.29, 0.717) is 0 Å². The van der Waals surface area contributed by atoms with Gasteiger partial charge in [0.05, 0.1) is 22.8 Å². The Hall–Kier alpha value is -6.71. The van der Waals surface area contributed by atoms with Crippen molar-refractivity contribution in [2.75, 3.05) is 10.2 Å². The number of benzene rings is 8. The average Bonchev–Trinajstić information content (AvgIpc) is 3.55. The summed E-state index contributed by atoms with van der Waals surface area (Å²) >= 11 is 0. The molecule has 8 aromatic carbocycles. The fourth-order valence-corrected chi connectivity index (χ4v) is 8.54. The Kier molecular flexibility index (Phi) is 6.02. The van der Waals surface area contributed by atoms with Gasteiger partial charge in [0.1, 0.15) is 6.17 Å². The molecule has 0 bridgehead atoms. The zero-order chi connectivity index (χ0) is 33.5. The first-order valence-corrected chi connectivity index (χ1v) is 17.6. The maximum Gasteiger partial charge on any atom is 0.130 e. The van der Waals surface area contributed by atoms with Crippen LogP contribution in [0.3, 0.4) is 0 Å². The minimum atomic E-state index is -0.0802. The monoisotopic (exact) mass is 649 g/mol. The van der Waals surface area contributed by atoms with Gasteiger partial charge in [-0.15, -0.1) is 0 Å². The van der Waals surface area contributed by atoms with E-state index in [1.807, 2.05) is 12.3 Å². The van der Waals surface area contributed by atoms with Gasteiger partial charge in [-0.2, -0.15) is 0 Å². The number of para-hydroxylation sites is 2. The van der Waals surface area contributed by atoms with Crippen molar-refractivity contribution in [3.63, 3.8) is 0 Å². The van der Waals surface area contributed by atoms with Crippen LogP contribution in [0.2, 0.25) is 0 Å². The molecule has 51 heavy (non-hydrogen) atoms. The Morgan fingerprint density at radius 1 is 0.431 bits per heavy atom. The molecule has 9 aromatic rings. The molecule has 0 radical (unpaired) electrons. The molecule has 0 saturated heterocycles. The van der Waals surface area contributed by atoms with Crippen molar-refractivity contribution in [2.24, 2.45) is 0 Å². The number of pyridine rings is 1. The van der Waals surface area contributed by atoms with Crippen LogP contribution >= 0.6 is 0 Å². The molecule has 1 N–H and O–H groups in total. The summed E-state index contributed by atoms with van der Waals surface area (Å²) in [4.78, 5) is 7.36. The highest BCUT2D eigenvalue weighted by Crippen LogP contribution is 2.56. The van der Waals surface area contributed by atoms with Gasteiger partial charge in [-0.1, -0.05) is 133 Å². The first-order valence-electron chi connectivity index (χ1n) is 17.6. The Bertz CT molecular complexity index is 2830. The summed E-state index contributed by atoms with van der Waals surface area (Å²) in [7, 11) is 0. The molecule has 3 heterocycles. The number of hydrogen-bond acceptors (Lipinski definition) is 3. The van der Waals surface area contributed by atoms with E-state index in [-0.39, 0.29) is 6.17 Å². The summed E-state index contributed by atoms with van der Waals surface area (Å²) in [5.41, 5.74) is 14.0. The van der Waals surface area contributed by atoms with Gasteiger partial charge in [0.15, 0.2) is 0 Å². The maximum absolute atomic E-state index is 4.89. The van der Waals surface area contributed by atoms with Crippen molar-refractivity contribution in [3.05, 3.63) is 182 Å². The molecule has 0 aliphatic carbocycles. The first-order chi connectivity index (χ1) is 25.3. The van der Waals surface area contributed by atoms with Crippen LogP contribution in [0.4, 0.5) is 17.1 Å². The van der Waals surface area contributed by atoms with Gasteiger partial charge in [-0.3, -0.25) is 4.98 Å². The summed E-state index contributed by atoms with van der Waals surface area (Å²) in [5, 5.41) is 11.7. The summed E-state index contributed by atoms with van der Waals surface area (Å²) in [5.74, 6) is 0. The zero-order valence-corrected chi connectivity index (χ0v) is 27.7. The second-order valence-corrected chi connectivity index (χ2v) is 13.6. The van der Waals surface area contributed by atoms with Gasteiger partial charge in [-0.05, 0) is 96.5 Å². The van der Waals surface area contributed by atoms with E-state index >= 15 is 0 Å². The molecule has 3 heteroatoms. The van der Waals surface area contributed by atoms with Gasteiger partial charge in [0, 0.05) is 22.9 Å². The van der Waals surface area contributed by atoms with Crippen LogP contribution in [-0.4, -0.2) is 4.98 Å². The van der Waals surface area contributed by atoms with Crippen LogP contribution in [0.25, 0.3) is 77.0 Å². The van der Waals surface area contributed by atoms with Crippen LogP contribution in [0.15, 0.2) is 176 Å². The van der Waals surface area contributed by atoms with E-state index < -0.39 is 0 Å². The van der Waals surface area contributed by atoms with Crippen molar-refractivity contribution in [3.8, 4) is 44.6 Å². The zero-order valence-electron chi connectivity index (χ0n) is 27.7. The third-order valence-electron chi connectivity index (χ3n) is 10.8. The molecular weight excluding hydrogens is 619 g/mol. The molecule has 238 valence electrons. The van der Waals surface area contributed by atoms with E-state index in [4.69, 9.17) is 4.98 Å². The Balaban J connectivity index is 1.02.